The molecular formula is C10H15N3O2S. The lowest BCUT2D eigenvalue weighted by atomic mass is 10.2. The molecule has 16 heavy (non-hydrogen) atoms. The van der Waals surface area contributed by atoms with Crippen molar-refractivity contribution >= 4 is 21.4 Å². The summed E-state index contributed by atoms with van der Waals surface area (Å²) in [4.78, 5) is 0.0631. The van der Waals surface area contributed by atoms with Gasteiger partial charge in [-0.1, -0.05) is 0 Å². The number of nitrogens with one attached hydrogen (secondary N) is 1. The van der Waals surface area contributed by atoms with Crippen LogP contribution in [0.4, 0.5) is 11.4 Å². The van der Waals surface area contributed by atoms with Gasteiger partial charge in [0, 0.05) is 12.2 Å². The van der Waals surface area contributed by atoms with Gasteiger partial charge in [-0.15, -0.1) is 0 Å². The number of nitrogens with two attached hydrogens (primary N) is 2. The van der Waals surface area contributed by atoms with Crippen LogP contribution >= 0.6 is 0 Å². The van der Waals surface area contributed by atoms with E-state index >= 15 is 0 Å². The molecule has 0 aliphatic heterocycles. The van der Waals surface area contributed by atoms with E-state index < -0.39 is 10.0 Å². The van der Waals surface area contributed by atoms with Crippen LogP contribution in [-0.4, -0.2) is 15.0 Å². The zero-order valence-electron chi connectivity index (χ0n) is 8.81. The predicted octanol–water partition coefficient (Wildman–Crippen LogP) is 0.738. The Morgan fingerprint density at radius 1 is 1.38 bits per heavy atom. The lowest BCUT2D eigenvalue weighted by Gasteiger charge is -2.10. The Hall–Kier alpha value is -1.27. The maximum atomic E-state index is 11.3. The number of hydrogen-bond acceptors (Lipinski definition) is 4. The van der Waals surface area contributed by atoms with Gasteiger partial charge in [0.1, 0.15) is 4.90 Å². The van der Waals surface area contributed by atoms with E-state index in [1.54, 1.807) is 12.1 Å². The lowest BCUT2D eigenvalue weighted by Crippen LogP contribution is -2.16. The molecule has 0 saturated heterocycles. The summed E-state index contributed by atoms with van der Waals surface area (Å²) in [5, 5.41) is 8.22. The van der Waals surface area contributed by atoms with Crippen LogP contribution < -0.4 is 16.2 Å². The van der Waals surface area contributed by atoms with Gasteiger partial charge in [-0.3, -0.25) is 0 Å². The van der Waals surface area contributed by atoms with E-state index in [0.717, 1.165) is 6.54 Å². The van der Waals surface area contributed by atoms with Gasteiger partial charge < -0.3 is 11.1 Å². The molecule has 1 aliphatic carbocycles. The number of hydrogen-bond donors (Lipinski definition) is 3. The summed E-state index contributed by atoms with van der Waals surface area (Å²) in [6.45, 7) is 0.784. The first-order chi connectivity index (χ1) is 7.47. The molecule has 88 valence electrons. The fraction of sp³-hybridized carbons (Fsp3) is 0.400. The molecule has 1 saturated carbocycles. The largest absolute Gasteiger partial charge is 0.399 e. The van der Waals surface area contributed by atoms with Crippen LogP contribution in [0.25, 0.3) is 0 Å². The first-order valence-corrected chi connectivity index (χ1v) is 6.67. The SMILES string of the molecule is Nc1ccc(NCC2CC2)c(S(N)(=O)=O)c1. The molecule has 0 aromatic heterocycles. The van der Waals surface area contributed by atoms with Crippen LogP contribution in [0.15, 0.2) is 23.1 Å². The van der Waals surface area contributed by atoms with Crippen LogP contribution in [0.1, 0.15) is 12.8 Å². The van der Waals surface area contributed by atoms with Gasteiger partial charge in [-0.2, -0.15) is 0 Å². The Kier molecular flexibility index (Phi) is 2.77. The van der Waals surface area contributed by atoms with Gasteiger partial charge in [-0.05, 0) is 37.0 Å². The summed E-state index contributed by atoms with van der Waals surface area (Å²) in [5.74, 6) is 0.658. The molecule has 5 N–H and O–H groups in total. The number of nitrogen functional groups attached to an aromatic ring is 1. The molecule has 0 spiro atoms. The normalized spacial score (nSPS) is 16.1. The monoisotopic (exact) mass is 241 g/mol. The van der Waals surface area contributed by atoms with E-state index in [4.69, 9.17) is 10.9 Å². The third-order valence-corrected chi connectivity index (χ3v) is 3.54. The molecule has 0 atom stereocenters. The zero-order chi connectivity index (χ0) is 11.8. The number of sulfonamides is 1. The van der Waals surface area contributed by atoms with E-state index in [9.17, 15) is 8.42 Å². The molecule has 0 radical (unpaired) electrons. The molecule has 1 aromatic rings. The smallest absolute Gasteiger partial charge is 0.240 e. The van der Waals surface area contributed by atoms with Crippen molar-refractivity contribution in [2.75, 3.05) is 17.6 Å². The highest BCUT2D eigenvalue weighted by molar-refractivity contribution is 7.89. The maximum absolute atomic E-state index is 11.3. The zero-order valence-corrected chi connectivity index (χ0v) is 9.63. The van der Waals surface area contributed by atoms with Crippen LogP contribution in [0.2, 0.25) is 0 Å². The van der Waals surface area contributed by atoms with E-state index in [-0.39, 0.29) is 4.90 Å². The third kappa shape index (κ3) is 2.65. The molecule has 0 bridgehead atoms. The third-order valence-electron chi connectivity index (χ3n) is 2.59. The van der Waals surface area contributed by atoms with Crippen molar-refractivity contribution in [2.45, 2.75) is 17.7 Å². The van der Waals surface area contributed by atoms with Crippen molar-refractivity contribution in [3.8, 4) is 0 Å². The molecule has 1 aliphatic rings. The van der Waals surface area contributed by atoms with Crippen LogP contribution in [0, 0.1) is 5.92 Å². The second kappa shape index (κ2) is 3.95. The van der Waals surface area contributed by atoms with E-state index in [1.165, 1.54) is 18.9 Å². The summed E-state index contributed by atoms with van der Waals surface area (Å²) in [5.41, 5.74) is 6.47. The Balaban J connectivity index is 2.27. The molecule has 0 unspecified atom stereocenters. The Morgan fingerprint density at radius 2 is 2.06 bits per heavy atom. The van der Waals surface area contributed by atoms with Crippen molar-refractivity contribution in [3.63, 3.8) is 0 Å². The van der Waals surface area contributed by atoms with Gasteiger partial charge in [0.05, 0.1) is 5.69 Å². The van der Waals surface area contributed by atoms with E-state index in [0.29, 0.717) is 17.3 Å². The van der Waals surface area contributed by atoms with E-state index in [1.807, 2.05) is 0 Å². The fourth-order valence-corrected chi connectivity index (χ4v) is 2.24. The van der Waals surface area contributed by atoms with Crippen LogP contribution in [0.3, 0.4) is 0 Å². The highest BCUT2D eigenvalue weighted by atomic mass is 32.2. The highest BCUT2D eigenvalue weighted by Gasteiger charge is 2.22. The molecule has 5 nitrogen and oxygen atoms in total. The van der Waals surface area contributed by atoms with Gasteiger partial charge in [0.2, 0.25) is 10.0 Å². The Morgan fingerprint density at radius 3 is 2.62 bits per heavy atom. The Labute approximate surface area is 94.9 Å². The first-order valence-electron chi connectivity index (χ1n) is 5.13. The van der Waals surface area contributed by atoms with Crippen molar-refractivity contribution in [1.29, 1.82) is 0 Å². The number of benzene rings is 1. The molecule has 6 heteroatoms. The second-order valence-corrected chi connectivity index (χ2v) is 5.65. The second-order valence-electron chi connectivity index (χ2n) is 4.12. The van der Waals surface area contributed by atoms with Crippen LogP contribution in [-0.2, 0) is 10.0 Å². The lowest BCUT2D eigenvalue weighted by molar-refractivity contribution is 0.598. The summed E-state index contributed by atoms with van der Waals surface area (Å²) >= 11 is 0. The summed E-state index contributed by atoms with van der Waals surface area (Å²) < 4.78 is 22.7. The van der Waals surface area contributed by atoms with Gasteiger partial charge in [0.15, 0.2) is 0 Å². The van der Waals surface area contributed by atoms with Gasteiger partial charge in [-0.25, -0.2) is 13.6 Å². The topological polar surface area (TPSA) is 98.2 Å². The van der Waals surface area contributed by atoms with Crippen molar-refractivity contribution in [1.82, 2.24) is 0 Å². The summed E-state index contributed by atoms with van der Waals surface area (Å²) in [6, 6.07) is 4.69. The van der Waals surface area contributed by atoms with Crippen molar-refractivity contribution in [3.05, 3.63) is 18.2 Å². The number of rotatable bonds is 4. The predicted molar refractivity (Wildman–Crippen MR) is 63.4 cm³/mol. The maximum Gasteiger partial charge on any atom is 0.240 e. The molecule has 2 rings (SSSR count). The molecule has 0 amide bonds. The number of primary sulfonamides is 1. The minimum atomic E-state index is -3.73. The number of anilines is 2. The van der Waals surface area contributed by atoms with E-state index in [2.05, 4.69) is 5.32 Å². The average molecular weight is 241 g/mol. The minimum Gasteiger partial charge on any atom is -0.399 e. The van der Waals surface area contributed by atoms with Gasteiger partial charge in [0.25, 0.3) is 0 Å². The molecule has 1 fully saturated rings. The van der Waals surface area contributed by atoms with Crippen LogP contribution in [0.5, 0.6) is 0 Å². The molecular weight excluding hydrogens is 226 g/mol. The average Bonchev–Trinajstić information content (AvgIpc) is 2.98. The van der Waals surface area contributed by atoms with Crippen molar-refractivity contribution < 1.29 is 8.42 Å². The standard InChI is InChI=1S/C10H15N3O2S/c11-8-3-4-9(13-6-7-1-2-7)10(5-8)16(12,14)15/h3-5,7,13H,1-2,6,11H2,(H2,12,14,15). The Bertz CT molecular complexity index is 495. The minimum absolute atomic E-state index is 0.0631. The summed E-state index contributed by atoms with van der Waals surface area (Å²) in [7, 11) is -3.73. The van der Waals surface area contributed by atoms with Crippen molar-refractivity contribution in [2.24, 2.45) is 11.1 Å². The molecule has 1 aromatic carbocycles. The quantitative estimate of drug-likeness (QED) is 0.677. The fourth-order valence-electron chi connectivity index (χ4n) is 1.50. The summed E-state index contributed by atoms with van der Waals surface area (Å²) in [6.07, 6.45) is 2.40. The first kappa shape index (κ1) is 11.2. The highest BCUT2D eigenvalue weighted by Crippen LogP contribution is 2.30. The molecule has 0 heterocycles. The van der Waals surface area contributed by atoms with Gasteiger partial charge >= 0.3 is 0 Å².